The van der Waals surface area contributed by atoms with Gasteiger partial charge in [0.1, 0.15) is 11.5 Å². The zero-order valence-corrected chi connectivity index (χ0v) is 17.1. The number of oxazole rings is 1. The molecule has 0 radical (unpaired) electrons. The number of fused-ring (bicyclic) bond motifs is 1. The third kappa shape index (κ3) is 4.17. The zero-order chi connectivity index (χ0) is 20.3. The van der Waals surface area contributed by atoms with Crippen LogP contribution in [-0.2, 0) is 25.8 Å². The van der Waals surface area contributed by atoms with Crippen molar-refractivity contribution in [3.8, 4) is 0 Å². The lowest BCUT2D eigenvalue weighted by molar-refractivity contribution is 0.0727. The van der Waals surface area contributed by atoms with Crippen LogP contribution >= 0.6 is 0 Å². The van der Waals surface area contributed by atoms with Gasteiger partial charge in [-0.2, -0.15) is 0 Å². The lowest BCUT2D eigenvalue weighted by atomic mass is 9.97. The molecular formula is C25H27N3O2. The number of rotatable bonds is 5. The van der Waals surface area contributed by atoms with E-state index in [-0.39, 0.29) is 5.91 Å². The predicted octanol–water partition coefficient (Wildman–Crippen LogP) is 3.62. The quantitative estimate of drug-likeness (QED) is 0.710. The van der Waals surface area contributed by atoms with Gasteiger partial charge in [0.15, 0.2) is 5.89 Å². The summed E-state index contributed by atoms with van der Waals surface area (Å²) in [7, 11) is 0. The first-order valence-corrected chi connectivity index (χ1v) is 10.8. The fourth-order valence-electron chi connectivity index (χ4n) is 4.51. The summed E-state index contributed by atoms with van der Waals surface area (Å²) in [6.07, 6.45) is 3.64. The number of hydrogen-bond acceptors (Lipinski definition) is 4. The molecule has 1 N–H and O–H groups in total. The van der Waals surface area contributed by atoms with Gasteiger partial charge in [-0.1, -0.05) is 42.5 Å². The van der Waals surface area contributed by atoms with Gasteiger partial charge in [0.25, 0.3) is 5.91 Å². The summed E-state index contributed by atoms with van der Waals surface area (Å²) in [5, 5.41) is 3.42. The van der Waals surface area contributed by atoms with Crippen molar-refractivity contribution in [3.05, 3.63) is 88.6 Å². The molecule has 30 heavy (non-hydrogen) atoms. The normalized spacial score (nSPS) is 18.4. The maximum absolute atomic E-state index is 13.2. The molecule has 2 aliphatic rings. The Kier molecular flexibility index (Phi) is 5.37. The molecular weight excluding hydrogens is 374 g/mol. The zero-order valence-electron chi connectivity index (χ0n) is 17.1. The van der Waals surface area contributed by atoms with E-state index in [4.69, 9.17) is 9.40 Å². The van der Waals surface area contributed by atoms with E-state index in [1.807, 2.05) is 35.2 Å². The van der Waals surface area contributed by atoms with Crippen LogP contribution in [0.2, 0.25) is 0 Å². The van der Waals surface area contributed by atoms with E-state index in [0.29, 0.717) is 25.4 Å². The summed E-state index contributed by atoms with van der Waals surface area (Å²) >= 11 is 0. The van der Waals surface area contributed by atoms with Crippen LogP contribution in [0.3, 0.4) is 0 Å². The molecule has 1 saturated heterocycles. The topological polar surface area (TPSA) is 58.4 Å². The van der Waals surface area contributed by atoms with Gasteiger partial charge < -0.3 is 14.6 Å². The number of carbonyl (C=O) groups is 1. The van der Waals surface area contributed by atoms with Crippen molar-refractivity contribution in [1.29, 1.82) is 0 Å². The fraction of sp³-hybridized carbons (Fsp3) is 0.360. The summed E-state index contributed by atoms with van der Waals surface area (Å²) in [5.74, 6) is 2.41. The van der Waals surface area contributed by atoms with E-state index in [9.17, 15) is 4.79 Å². The van der Waals surface area contributed by atoms with Crippen LogP contribution in [0.25, 0.3) is 0 Å². The Morgan fingerprint density at radius 2 is 2.00 bits per heavy atom. The summed E-state index contributed by atoms with van der Waals surface area (Å²) in [6.45, 7) is 3.36. The van der Waals surface area contributed by atoms with E-state index in [1.165, 1.54) is 17.5 Å². The van der Waals surface area contributed by atoms with Gasteiger partial charge in [-0.15, -0.1) is 0 Å². The molecule has 0 saturated carbocycles. The lowest BCUT2D eigenvalue weighted by Crippen LogP contribution is -2.35. The molecule has 1 unspecified atom stereocenters. The maximum atomic E-state index is 13.2. The highest BCUT2D eigenvalue weighted by Gasteiger charge is 2.26. The Labute approximate surface area is 177 Å². The molecule has 0 aliphatic carbocycles. The first-order chi connectivity index (χ1) is 14.7. The van der Waals surface area contributed by atoms with Crippen molar-refractivity contribution >= 4 is 5.91 Å². The van der Waals surface area contributed by atoms with E-state index < -0.39 is 0 Å². The highest BCUT2D eigenvalue weighted by atomic mass is 16.4. The molecule has 2 aliphatic heterocycles. The molecule has 154 valence electrons. The Balaban J connectivity index is 1.27. The number of nitrogens with zero attached hydrogens (tertiary/aromatic N) is 2. The van der Waals surface area contributed by atoms with E-state index in [0.717, 1.165) is 48.8 Å². The highest BCUT2D eigenvalue weighted by Crippen LogP contribution is 2.23. The van der Waals surface area contributed by atoms with Crippen molar-refractivity contribution in [1.82, 2.24) is 15.2 Å². The van der Waals surface area contributed by atoms with Gasteiger partial charge in [0.2, 0.25) is 0 Å². The second-order valence-corrected chi connectivity index (χ2v) is 8.38. The number of carbonyl (C=O) groups excluding carboxylic acids is 1. The molecule has 1 aromatic heterocycles. The number of hydrogen-bond donors (Lipinski definition) is 1. The molecule has 3 aromatic rings. The highest BCUT2D eigenvalue weighted by molar-refractivity contribution is 5.94. The maximum Gasteiger partial charge on any atom is 0.254 e. The molecule has 5 rings (SSSR count). The Bertz CT molecular complexity index is 1020. The largest absolute Gasteiger partial charge is 0.445 e. The van der Waals surface area contributed by atoms with Crippen LogP contribution in [0.4, 0.5) is 0 Å². The third-order valence-corrected chi connectivity index (χ3v) is 6.12. The minimum atomic E-state index is 0.0830. The second kappa shape index (κ2) is 8.44. The van der Waals surface area contributed by atoms with Gasteiger partial charge in [-0.25, -0.2) is 4.98 Å². The summed E-state index contributed by atoms with van der Waals surface area (Å²) < 4.78 is 5.98. The van der Waals surface area contributed by atoms with E-state index in [2.05, 4.69) is 29.6 Å². The van der Waals surface area contributed by atoms with Crippen LogP contribution in [-0.4, -0.2) is 35.4 Å². The molecule has 0 bridgehead atoms. The van der Waals surface area contributed by atoms with E-state index >= 15 is 0 Å². The first-order valence-electron chi connectivity index (χ1n) is 10.8. The third-order valence-electron chi connectivity index (χ3n) is 6.12. The minimum Gasteiger partial charge on any atom is -0.445 e. The van der Waals surface area contributed by atoms with Gasteiger partial charge in [-0.3, -0.25) is 4.79 Å². The number of benzene rings is 2. The standard InChI is InChI=1S/C25H27N3O2/c29-25(21-8-4-7-19(14-21)13-20-9-11-26-16-20)28-12-10-23-22(17-28)27-24(30-23)15-18-5-2-1-3-6-18/h1-8,14,20,26H,9-13,15-17H2. The van der Waals surface area contributed by atoms with Gasteiger partial charge >= 0.3 is 0 Å². The van der Waals surface area contributed by atoms with Gasteiger partial charge in [0.05, 0.1) is 6.54 Å². The summed E-state index contributed by atoms with van der Waals surface area (Å²) in [5.41, 5.74) is 4.10. The Hall–Kier alpha value is -2.92. The molecule has 1 amide bonds. The molecule has 0 spiro atoms. The number of amides is 1. The van der Waals surface area contributed by atoms with Gasteiger partial charge in [-0.05, 0) is 55.1 Å². The summed E-state index contributed by atoms with van der Waals surface area (Å²) in [6, 6.07) is 18.4. The number of nitrogens with one attached hydrogen (secondary N) is 1. The van der Waals surface area contributed by atoms with Gasteiger partial charge in [0, 0.05) is 24.9 Å². The first kappa shape index (κ1) is 19.1. The smallest absolute Gasteiger partial charge is 0.254 e. The van der Waals surface area contributed by atoms with E-state index in [1.54, 1.807) is 0 Å². The van der Waals surface area contributed by atoms with Crippen molar-refractivity contribution in [2.75, 3.05) is 19.6 Å². The minimum absolute atomic E-state index is 0.0830. The van der Waals surface area contributed by atoms with Crippen molar-refractivity contribution < 1.29 is 9.21 Å². The molecule has 1 atom stereocenters. The molecule has 3 heterocycles. The molecule has 1 fully saturated rings. The van der Waals surface area contributed by atoms with Crippen molar-refractivity contribution in [2.45, 2.75) is 32.2 Å². The van der Waals surface area contributed by atoms with Crippen LogP contribution in [0, 0.1) is 5.92 Å². The monoisotopic (exact) mass is 401 g/mol. The molecule has 5 nitrogen and oxygen atoms in total. The predicted molar refractivity (Wildman–Crippen MR) is 115 cm³/mol. The Morgan fingerprint density at radius 1 is 1.13 bits per heavy atom. The van der Waals surface area contributed by atoms with Crippen LogP contribution in [0.5, 0.6) is 0 Å². The summed E-state index contributed by atoms with van der Waals surface area (Å²) in [4.78, 5) is 19.7. The molecule has 5 heteroatoms. The Morgan fingerprint density at radius 3 is 2.83 bits per heavy atom. The average molecular weight is 402 g/mol. The van der Waals surface area contributed by atoms with Crippen molar-refractivity contribution in [3.63, 3.8) is 0 Å². The number of aromatic nitrogens is 1. The van der Waals surface area contributed by atoms with Crippen LogP contribution < -0.4 is 5.32 Å². The second-order valence-electron chi connectivity index (χ2n) is 8.38. The molecule has 2 aromatic carbocycles. The average Bonchev–Trinajstić information content (AvgIpc) is 3.43. The van der Waals surface area contributed by atoms with Crippen LogP contribution in [0.1, 0.15) is 45.3 Å². The van der Waals surface area contributed by atoms with Crippen molar-refractivity contribution in [2.24, 2.45) is 5.92 Å². The lowest BCUT2D eigenvalue weighted by Gasteiger charge is -2.25. The SMILES string of the molecule is O=C(c1cccc(CC2CCNC2)c1)N1CCc2oc(Cc3ccccc3)nc2C1. The fourth-order valence-corrected chi connectivity index (χ4v) is 4.51. The van der Waals surface area contributed by atoms with Crippen LogP contribution in [0.15, 0.2) is 59.0 Å².